The summed E-state index contributed by atoms with van der Waals surface area (Å²) in [6.07, 6.45) is 1.32. The van der Waals surface area contributed by atoms with E-state index in [1.54, 1.807) is 0 Å². The van der Waals surface area contributed by atoms with Gasteiger partial charge < -0.3 is 9.84 Å². The summed E-state index contributed by atoms with van der Waals surface area (Å²) >= 11 is 0. The standard InChI is InChI=1S/C12H21N3O4S/c1-11(2)7-15(8-12(3,4)19-11)20(17,18)10-9(6-16)5-13-14-10/h5,16H,6-8H2,1-4H3,(H,13,14). The Hall–Kier alpha value is -0.960. The molecule has 114 valence electrons. The summed E-state index contributed by atoms with van der Waals surface area (Å²) in [6.45, 7) is 7.56. The van der Waals surface area contributed by atoms with Gasteiger partial charge in [-0.3, -0.25) is 5.10 Å². The molecule has 0 radical (unpaired) electrons. The SMILES string of the molecule is CC1(C)CN(S(=O)(=O)c2[nH]ncc2CO)CC(C)(C)O1. The molecule has 1 aliphatic rings. The Kier molecular flexibility index (Phi) is 3.70. The third kappa shape index (κ3) is 2.88. The molecule has 0 saturated carbocycles. The van der Waals surface area contributed by atoms with Crippen LogP contribution in [-0.4, -0.2) is 52.3 Å². The normalized spacial score (nSPS) is 22.9. The smallest absolute Gasteiger partial charge is 0.260 e. The van der Waals surface area contributed by atoms with Crippen LogP contribution >= 0.6 is 0 Å². The molecule has 0 aliphatic carbocycles. The average molecular weight is 303 g/mol. The van der Waals surface area contributed by atoms with Gasteiger partial charge in [0.2, 0.25) is 0 Å². The maximum absolute atomic E-state index is 12.7. The summed E-state index contributed by atoms with van der Waals surface area (Å²) in [5.74, 6) is 0. The summed E-state index contributed by atoms with van der Waals surface area (Å²) in [4.78, 5) is 0. The van der Waals surface area contributed by atoms with E-state index in [4.69, 9.17) is 4.74 Å². The van der Waals surface area contributed by atoms with Gasteiger partial charge in [0.15, 0.2) is 5.03 Å². The number of aromatic nitrogens is 2. The molecule has 1 aliphatic heterocycles. The largest absolute Gasteiger partial charge is 0.392 e. The molecule has 7 nitrogen and oxygen atoms in total. The monoisotopic (exact) mass is 303 g/mol. The molecule has 1 saturated heterocycles. The van der Waals surface area contributed by atoms with Crippen LogP contribution in [0.25, 0.3) is 0 Å². The Morgan fingerprint density at radius 1 is 1.35 bits per heavy atom. The topological polar surface area (TPSA) is 95.5 Å². The molecule has 2 heterocycles. The fourth-order valence-electron chi connectivity index (χ4n) is 2.65. The molecule has 0 bridgehead atoms. The van der Waals surface area contributed by atoms with Gasteiger partial charge in [-0.1, -0.05) is 0 Å². The highest BCUT2D eigenvalue weighted by Crippen LogP contribution is 2.31. The molecular formula is C12H21N3O4S. The fourth-order valence-corrected chi connectivity index (χ4v) is 4.49. The van der Waals surface area contributed by atoms with E-state index in [0.717, 1.165) is 0 Å². The maximum atomic E-state index is 12.7. The van der Waals surface area contributed by atoms with Crippen LogP contribution in [0.15, 0.2) is 11.2 Å². The van der Waals surface area contributed by atoms with Gasteiger partial charge in [-0.05, 0) is 27.7 Å². The number of ether oxygens (including phenoxy) is 1. The molecule has 2 rings (SSSR count). The molecule has 1 aromatic heterocycles. The second-order valence-electron chi connectivity index (χ2n) is 6.28. The van der Waals surface area contributed by atoms with E-state index in [1.807, 2.05) is 27.7 Å². The number of nitrogens with zero attached hydrogens (tertiary/aromatic N) is 2. The summed E-state index contributed by atoms with van der Waals surface area (Å²) < 4.78 is 32.6. The quantitative estimate of drug-likeness (QED) is 0.847. The number of hydrogen-bond donors (Lipinski definition) is 2. The Bertz CT molecular complexity index is 576. The number of hydrogen-bond acceptors (Lipinski definition) is 5. The first-order valence-electron chi connectivity index (χ1n) is 6.41. The molecule has 0 atom stereocenters. The number of rotatable bonds is 3. The third-order valence-electron chi connectivity index (χ3n) is 3.11. The number of sulfonamides is 1. The molecule has 8 heteroatoms. The van der Waals surface area contributed by atoms with Gasteiger partial charge in [-0.25, -0.2) is 8.42 Å². The van der Waals surface area contributed by atoms with Crippen LogP contribution in [0, 0.1) is 0 Å². The molecule has 0 spiro atoms. The molecule has 0 amide bonds. The van der Waals surface area contributed by atoms with Crippen molar-refractivity contribution in [1.29, 1.82) is 0 Å². The lowest BCUT2D eigenvalue weighted by molar-refractivity contribution is -0.164. The van der Waals surface area contributed by atoms with Crippen molar-refractivity contribution in [2.45, 2.75) is 50.5 Å². The molecule has 1 aromatic rings. The Balaban J connectivity index is 2.39. The van der Waals surface area contributed by atoms with Gasteiger partial charge in [0.05, 0.1) is 24.0 Å². The van der Waals surface area contributed by atoms with E-state index < -0.39 is 21.2 Å². The Morgan fingerprint density at radius 2 is 1.90 bits per heavy atom. The molecular weight excluding hydrogens is 282 g/mol. The minimum absolute atomic E-state index is 0.0477. The van der Waals surface area contributed by atoms with E-state index in [9.17, 15) is 13.5 Å². The van der Waals surface area contributed by atoms with E-state index in [-0.39, 0.29) is 30.3 Å². The van der Waals surface area contributed by atoms with Crippen LogP contribution < -0.4 is 0 Å². The zero-order valence-corrected chi connectivity index (χ0v) is 13.0. The second-order valence-corrected chi connectivity index (χ2v) is 8.15. The lowest BCUT2D eigenvalue weighted by Gasteiger charge is -2.46. The molecule has 0 unspecified atom stereocenters. The number of aliphatic hydroxyl groups excluding tert-OH is 1. The van der Waals surface area contributed by atoms with Crippen molar-refractivity contribution < 1.29 is 18.3 Å². The predicted molar refractivity (Wildman–Crippen MR) is 72.5 cm³/mol. The van der Waals surface area contributed by atoms with Crippen molar-refractivity contribution in [3.8, 4) is 0 Å². The van der Waals surface area contributed by atoms with Crippen LogP contribution in [0.1, 0.15) is 33.3 Å². The van der Waals surface area contributed by atoms with E-state index in [1.165, 1.54) is 10.5 Å². The Labute approximate surface area is 119 Å². The van der Waals surface area contributed by atoms with Crippen LogP contribution in [0.5, 0.6) is 0 Å². The Morgan fingerprint density at radius 3 is 2.40 bits per heavy atom. The highest BCUT2D eigenvalue weighted by atomic mass is 32.2. The zero-order chi connectivity index (χ0) is 15.2. The van der Waals surface area contributed by atoms with E-state index >= 15 is 0 Å². The lowest BCUT2D eigenvalue weighted by Crippen LogP contribution is -2.58. The first kappa shape index (κ1) is 15.4. The second kappa shape index (κ2) is 4.80. The first-order valence-corrected chi connectivity index (χ1v) is 7.85. The minimum atomic E-state index is -3.73. The fraction of sp³-hybridized carbons (Fsp3) is 0.750. The highest BCUT2D eigenvalue weighted by molar-refractivity contribution is 7.89. The average Bonchev–Trinajstić information content (AvgIpc) is 2.73. The van der Waals surface area contributed by atoms with Crippen molar-refractivity contribution in [2.24, 2.45) is 0 Å². The highest BCUT2D eigenvalue weighted by Gasteiger charge is 2.44. The van der Waals surface area contributed by atoms with E-state index in [2.05, 4.69) is 10.2 Å². The van der Waals surface area contributed by atoms with Crippen molar-refractivity contribution in [3.05, 3.63) is 11.8 Å². The zero-order valence-electron chi connectivity index (χ0n) is 12.2. The van der Waals surface area contributed by atoms with Crippen molar-refractivity contribution >= 4 is 10.0 Å². The maximum Gasteiger partial charge on any atom is 0.260 e. The minimum Gasteiger partial charge on any atom is -0.392 e. The summed E-state index contributed by atoms with van der Waals surface area (Å²) in [7, 11) is -3.73. The number of morpholine rings is 1. The molecule has 2 N–H and O–H groups in total. The van der Waals surface area contributed by atoms with Gasteiger partial charge in [-0.15, -0.1) is 0 Å². The van der Waals surface area contributed by atoms with Gasteiger partial charge in [0.25, 0.3) is 10.0 Å². The number of aromatic amines is 1. The van der Waals surface area contributed by atoms with Crippen molar-refractivity contribution in [1.82, 2.24) is 14.5 Å². The predicted octanol–water partition coefficient (Wildman–Crippen LogP) is 0.480. The van der Waals surface area contributed by atoms with Crippen LogP contribution in [0.3, 0.4) is 0 Å². The van der Waals surface area contributed by atoms with Gasteiger partial charge >= 0.3 is 0 Å². The summed E-state index contributed by atoms with van der Waals surface area (Å²) in [5, 5.41) is 15.3. The van der Waals surface area contributed by atoms with Crippen LogP contribution in [0.2, 0.25) is 0 Å². The summed E-state index contributed by atoms with van der Waals surface area (Å²) in [5.41, 5.74) is -0.880. The first-order chi connectivity index (χ1) is 9.07. The van der Waals surface area contributed by atoms with Crippen LogP contribution in [-0.2, 0) is 21.4 Å². The number of nitrogens with one attached hydrogen (secondary N) is 1. The van der Waals surface area contributed by atoms with Gasteiger partial charge in [0.1, 0.15) is 0 Å². The molecule has 20 heavy (non-hydrogen) atoms. The van der Waals surface area contributed by atoms with Crippen molar-refractivity contribution in [3.63, 3.8) is 0 Å². The van der Waals surface area contributed by atoms with Gasteiger partial charge in [-0.2, -0.15) is 9.40 Å². The lowest BCUT2D eigenvalue weighted by atomic mass is 10.0. The van der Waals surface area contributed by atoms with Crippen LogP contribution in [0.4, 0.5) is 0 Å². The van der Waals surface area contributed by atoms with Gasteiger partial charge in [0, 0.05) is 18.7 Å². The van der Waals surface area contributed by atoms with E-state index in [0.29, 0.717) is 0 Å². The summed E-state index contributed by atoms with van der Waals surface area (Å²) in [6, 6.07) is 0. The third-order valence-corrected chi connectivity index (χ3v) is 4.92. The molecule has 1 fully saturated rings. The van der Waals surface area contributed by atoms with Crippen molar-refractivity contribution in [2.75, 3.05) is 13.1 Å². The molecule has 0 aromatic carbocycles. The number of H-pyrrole nitrogens is 1. The number of aliphatic hydroxyl groups is 1.